The standard InChI is InChI=1S/C20H14N4.8C2H5.ClH.Pt/c1-2-14-10-16-5-6-18(23-16)12-20-8-7-19(24-20)11-17-4-3-15(22-17)9-13(1)21-14;8*1-2;;/h1-12,21,24H;8*1H2,2H3;1H;. The van der Waals surface area contributed by atoms with Crippen molar-refractivity contribution in [1.82, 2.24) is 19.9 Å². The molecular formula is C36H55ClN4Pt. The summed E-state index contributed by atoms with van der Waals surface area (Å²) in [6, 6.07) is 16.4. The Morgan fingerprint density at radius 2 is 0.643 bits per heavy atom. The molecule has 8 bridgehead atoms. The zero-order valence-corrected chi connectivity index (χ0v) is 30.3. The third kappa shape index (κ3) is 4.51. The first kappa shape index (κ1) is 34.1. The zero-order valence-electron chi connectivity index (χ0n) is 27.2. The van der Waals surface area contributed by atoms with E-state index in [0.29, 0.717) is 0 Å². The maximum absolute atomic E-state index is 4.63. The number of H-pyrrole nitrogens is 2. The molecule has 2 N–H and O–H groups in total. The summed E-state index contributed by atoms with van der Waals surface area (Å²) in [6.07, 6.45) is 8.09. The van der Waals surface area contributed by atoms with Gasteiger partial charge in [0.2, 0.25) is 0 Å². The van der Waals surface area contributed by atoms with Gasteiger partial charge in [-0.2, -0.15) is 0 Å². The largest absolute Gasteiger partial charge is 0.147 e. The second kappa shape index (κ2) is 10.1. The Labute approximate surface area is 253 Å². The average molecular weight is 774 g/mol. The molecule has 0 saturated heterocycles. The van der Waals surface area contributed by atoms with E-state index >= 15 is 0 Å². The number of hydrogen-bond acceptors (Lipinski definition) is 2. The first-order valence-electron chi connectivity index (χ1n) is 15.3. The predicted octanol–water partition coefficient (Wildman–Crippen LogP) is 12.9. The monoisotopic (exact) mass is 773 g/mol. The summed E-state index contributed by atoms with van der Waals surface area (Å²) >= 11 is -3.75. The molecule has 0 atom stereocenters. The van der Waals surface area contributed by atoms with E-state index in [4.69, 9.17) is 0 Å². The zero-order chi connectivity index (χ0) is 29.9. The molecule has 0 fully saturated rings. The number of fused-ring (bicyclic) bond motifs is 8. The van der Waals surface area contributed by atoms with Crippen molar-refractivity contribution in [3.05, 3.63) is 71.3 Å². The van der Waals surface area contributed by atoms with Crippen LogP contribution in [0.1, 0.15) is 78.2 Å². The summed E-state index contributed by atoms with van der Waals surface area (Å²) in [5, 5.41) is 0. The molecule has 6 heteroatoms. The number of aromatic amines is 2. The molecule has 3 aromatic heterocycles. The molecule has 0 spiro atoms. The fourth-order valence-corrected chi connectivity index (χ4v) is 39.2. The van der Waals surface area contributed by atoms with E-state index in [1.54, 1.807) is 0 Å². The first-order valence-corrected chi connectivity index (χ1v) is 28.1. The van der Waals surface area contributed by atoms with Gasteiger partial charge in [0, 0.05) is 22.1 Å². The van der Waals surface area contributed by atoms with E-state index in [2.05, 4.69) is 99.6 Å². The Morgan fingerprint density at radius 1 is 0.429 bits per heavy atom. The number of nitrogens with zero attached hydrogens (tertiary/aromatic N) is 2. The van der Waals surface area contributed by atoms with Crippen LogP contribution in [-0.2, 0) is 11.1 Å². The molecule has 2 aliphatic heterocycles. The number of hydrogen-bond donors (Lipinski definition) is 2. The summed E-state index contributed by atoms with van der Waals surface area (Å²) in [6.45, 7) is 20.3. The molecule has 236 valence electrons. The van der Waals surface area contributed by atoms with Crippen molar-refractivity contribution >= 4 is 58.8 Å². The normalized spacial score (nSPS) is 16.2. The van der Waals surface area contributed by atoms with Crippen LogP contribution in [0.15, 0.2) is 48.5 Å². The smallest absolute Gasteiger partial charge is 0.147 e. The van der Waals surface area contributed by atoms with Gasteiger partial charge in [0.05, 0.1) is 22.8 Å². The molecule has 0 radical (unpaired) electrons. The Kier molecular flexibility index (Phi) is 8.16. The van der Waals surface area contributed by atoms with Gasteiger partial charge >= 0.3 is 105 Å². The van der Waals surface area contributed by atoms with Crippen LogP contribution in [0.3, 0.4) is 0 Å². The molecule has 2 aliphatic rings. The first-order chi connectivity index (χ1) is 19.5. The van der Waals surface area contributed by atoms with Crippen LogP contribution in [0.4, 0.5) is 0 Å². The van der Waals surface area contributed by atoms with Gasteiger partial charge in [-0.1, -0.05) is 0 Å². The van der Waals surface area contributed by atoms with Crippen LogP contribution < -0.4 is 0 Å². The van der Waals surface area contributed by atoms with Crippen molar-refractivity contribution in [1.29, 1.82) is 0 Å². The summed E-state index contributed by atoms with van der Waals surface area (Å²) < 4.78 is 0. The third-order valence-electron chi connectivity index (χ3n) is 12.9. The Balaban J connectivity index is 0.000000242. The van der Waals surface area contributed by atoms with E-state index in [-0.39, 0.29) is 12.4 Å². The maximum atomic E-state index is 4.63. The summed E-state index contributed by atoms with van der Waals surface area (Å²) in [7, 11) is 0. The van der Waals surface area contributed by atoms with Crippen molar-refractivity contribution in [2.24, 2.45) is 0 Å². The molecule has 0 aliphatic carbocycles. The molecule has 0 aromatic carbocycles. The Hall–Kier alpha value is -2.42. The number of nitrogens with one attached hydrogen (secondary N) is 2. The van der Waals surface area contributed by atoms with Crippen LogP contribution in [0, 0.1) is 0 Å². The minimum Gasteiger partial charge on any atom is -0.147 e. The van der Waals surface area contributed by atoms with Gasteiger partial charge in [-0.3, -0.25) is 0 Å². The molecular weight excluding hydrogens is 719 g/mol. The topological polar surface area (TPSA) is 57.4 Å². The number of rotatable bonds is 8. The molecule has 0 amide bonds. The van der Waals surface area contributed by atoms with E-state index < -0.39 is 11.1 Å². The molecule has 0 saturated carbocycles. The van der Waals surface area contributed by atoms with Crippen molar-refractivity contribution in [2.45, 2.75) is 93.9 Å². The van der Waals surface area contributed by atoms with Crippen LogP contribution in [0.25, 0.3) is 46.4 Å². The second-order valence-corrected chi connectivity index (χ2v) is 56.8. The fourth-order valence-electron chi connectivity index (χ4n) is 7.37. The van der Waals surface area contributed by atoms with Gasteiger partial charge in [-0.05, 0) is 72.8 Å². The number of aromatic nitrogens is 4. The summed E-state index contributed by atoms with van der Waals surface area (Å²) in [4.78, 5) is 27.7. The molecule has 5 rings (SSSR count). The van der Waals surface area contributed by atoms with E-state index in [0.717, 1.165) is 44.8 Å². The van der Waals surface area contributed by atoms with Crippen LogP contribution in [0.5, 0.6) is 0 Å². The molecule has 3 aromatic rings. The molecule has 0 unspecified atom stereocenters. The average Bonchev–Trinajstić information content (AvgIpc) is 3.85. The van der Waals surface area contributed by atoms with Crippen molar-refractivity contribution in [2.75, 3.05) is 0 Å². The van der Waals surface area contributed by atoms with Gasteiger partial charge in [-0.25, -0.2) is 9.97 Å². The summed E-state index contributed by atoms with van der Waals surface area (Å²) in [5.74, 6) is 0. The van der Waals surface area contributed by atoms with Crippen molar-refractivity contribution in [3.8, 4) is 0 Å². The van der Waals surface area contributed by atoms with E-state index in [1.807, 2.05) is 48.6 Å². The van der Waals surface area contributed by atoms with E-state index in [9.17, 15) is 0 Å². The van der Waals surface area contributed by atoms with Crippen molar-refractivity contribution in [3.63, 3.8) is 0 Å². The van der Waals surface area contributed by atoms with Gasteiger partial charge in [0.15, 0.2) is 0 Å². The molecule has 42 heavy (non-hydrogen) atoms. The maximum Gasteiger partial charge on any atom is -0.147 e. The summed E-state index contributed by atoms with van der Waals surface area (Å²) in [5.41, 5.74) is 7.86. The second-order valence-electron chi connectivity index (χ2n) is 12.1. The predicted molar refractivity (Wildman–Crippen MR) is 190 cm³/mol. The molecule has 4 nitrogen and oxygen atoms in total. The fraction of sp³-hybridized carbons (Fsp3) is 0.444. The minimum absolute atomic E-state index is 0. The van der Waals surface area contributed by atoms with Crippen LogP contribution in [-0.4, -0.2) is 19.9 Å². The Morgan fingerprint density at radius 3 is 0.810 bits per heavy atom. The van der Waals surface area contributed by atoms with Gasteiger partial charge in [-0.15, -0.1) is 12.4 Å². The number of halogens is 1. The van der Waals surface area contributed by atoms with Gasteiger partial charge in [0.1, 0.15) is 0 Å². The van der Waals surface area contributed by atoms with Crippen molar-refractivity contribution < 1.29 is 11.1 Å². The van der Waals surface area contributed by atoms with E-state index in [1.165, 1.54) is 38.5 Å². The Bertz CT molecular complexity index is 1440. The SMILES string of the molecule is C1=Cc2cc3ccc(cc4nc(cc5ccc(cc1n2)[nH]5)C=C4)[nH]3.C[CH2][Pt]([CH2]C)([CH2]C)([CH2]C)([CH2]C)([CH2]C)([CH2]C)[CH2]C.Cl. The minimum atomic E-state index is -3.75. The van der Waals surface area contributed by atoms with Gasteiger partial charge in [0.25, 0.3) is 0 Å². The third-order valence-corrected chi connectivity index (χ3v) is 76.5. The quantitative estimate of drug-likeness (QED) is 0.165. The van der Waals surface area contributed by atoms with Crippen LogP contribution in [0.2, 0.25) is 38.5 Å². The molecule has 5 heterocycles. The van der Waals surface area contributed by atoms with Gasteiger partial charge < -0.3 is 9.97 Å². The van der Waals surface area contributed by atoms with Crippen LogP contribution >= 0.6 is 12.4 Å².